The minimum atomic E-state index is -0.685. The fourth-order valence-electron chi connectivity index (χ4n) is 3.05. The lowest BCUT2D eigenvalue weighted by atomic mass is 9.99. The Kier molecular flexibility index (Phi) is 6.47. The van der Waals surface area contributed by atoms with Crippen molar-refractivity contribution < 1.29 is 14.7 Å². The van der Waals surface area contributed by atoms with Crippen LogP contribution in [0, 0.1) is 0 Å². The Morgan fingerprint density at radius 2 is 1.83 bits per heavy atom. The van der Waals surface area contributed by atoms with E-state index in [1.165, 1.54) is 12.3 Å². The van der Waals surface area contributed by atoms with Crippen LogP contribution < -0.4 is 5.32 Å². The van der Waals surface area contributed by atoms with E-state index in [1.807, 2.05) is 32.0 Å². The van der Waals surface area contributed by atoms with E-state index in [1.54, 1.807) is 30.5 Å². The quantitative estimate of drug-likeness (QED) is 0.602. The molecule has 6 nitrogen and oxygen atoms in total. The summed E-state index contributed by atoms with van der Waals surface area (Å²) >= 11 is 5.93. The second-order valence-corrected chi connectivity index (χ2v) is 7.95. The van der Waals surface area contributed by atoms with E-state index in [-0.39, 0.29) is 36.0 Å². The first-order valence-corrected chi connectivity index (χ1v) is 9.80. The first kappa shape index (κ1) is 21.5. The van der Waals surface area contributed by atoms with Crippen LogP contribution in [-0.4, -0.2) is 26.8 Å². The van der Waals surface area contributed by atoms with Crippen molar-refractivity contribution in [3.8, 4) is 5.75 Å². The lowest BCUT2D eigenvalue weighted by Gasteiger charge is -2.25. The monoisotopic (exact) mass is 423 g/mol. The molecule has 2 aromatic heterocycles. The molecule has 2 heterocycles. The molecular weight excluding hydrogens is 402 g/mol. The summed E-state index contributed by atoms with van der Waals surface area (Å²) in [5.41, 5.74) is 1.39. The van der Waals surface area contributed by atoms with Crippen molar-refractivity contribution in [3.05, 3.63) is 88.5 Å². The lowest BCUT2D eigenvalue weighted by molar-refractivity contribution is -0.117. The molecule has 1 amide bonds. The Hall–Kier alpha value is -3.25. The number of phenols is 1. The zero-order valence-corrected chi connectivity index (χ0v) is 17.5. The molecule has 0 aliphatic rings. The number of Topliss-reactive ketones (excluding diaryl/α,β-unsaturated/α-hetero) is 1. The van der Waals surface area contributed by atoms with Gasteiger partial charge in [0.25, 0.3) is 5.91 Å². The molecule has 0 aliphatic carbocycles. The number of amides is 1. The maximum atomic E-state index is 12.7. The number of aromatic hydroxyl groups is 1. The molecule has 3 aromatic rings. The van der Waals surface area contributed by atoms with Crippen LogP contribution in [0.15, 0.2) is 60.9 Å². The molecule has 0 saturated heterocycles. The van der Waals surface area contributed by atoms with Crippen LogP contribution in [0.2, 0.25) is 5.02 Å². The number of halogens is 1. The summed E-state index contributed by atoms with van der Waals surface area (Å²) in [6.45, 7) is 3.72. The van der Waals surface area contributed by atoms with E-state index in [9.17, 15) is 14.7 Å². The number of hydrogen-bond donors (Lipinski definition) is 2. The molecule has 0 spiro atoms. The molecule has 7 heteroatoms. The smallest absolute Gasteiger partial charge is 0.270 e. The van der Waals surface area contributed by atoms with E-state index in [0.29, 0.717) is 16.1 Å². The van der Waals surface area contributed by atoms with Crippen LogP contribution in [0.4, 0.5) is 0 Å². The molecule has 0 bridgehead atoms. The summed E-state index contributed by atoms with van der Waals surface area (Å²) in [6, 6.07) is 13.4. The highest BCUT2D eigenvalue weighted by atomic mass is 35.5. The maximum absolute atomic E-state index is 12.7. The van der Waals surface area contributed by atoms with Crippen molar-refractivity contribution in [2.45, 2.75) is 32.2 Å². The third-order valence-corrected chi connectivity index (χ3v) is 4.85. The van der Waals surface area contributed by atoms with Gasteiger partial charge in [0.05, 0.1) is 11.2 Å². The molecule has 0 saturated carbocycles. The number of carbonyl (C=O) groups is 2. The molecular formula is C23H22ClN3O3. The molecule has 0 radical (unpaired) electrons. The number of aromatic nitrogens is 2. The minimum Gasteiger partial charge on any atom is -0.508 e. The zero-order chi connectivity index (χ0) is 21.7. The van der Waals surface area contributed by atoms with Gasteiger partial charge in [-0.1, -0.05) is 17.7 Å². The van der Waals surface area contributed by atoms with Gasteiger partial charge in [0.1, 0.15) is 17.2 Å². The highest BCUT2D eigenvalue weighted by Crippen LogP contribution is 2.23. The Morgan fingerprint density at radius 3 is 2.57 bits per heavy atom. The molecule has 0 aliphatic heterocycles. The van der Waals surface area contributed by atoms with Gasteiger partial charge in [-0.05, 0) is 61.9 Å². The first-order valence-electron chi connectivity index (χ1n) is 9.42. The van der Waals surface area contributed by atoms with E-state index >= 15 is 0 Å². The predicted octanol–water partition coefficient (Wildman–Crippen LogP) is 3.86. The Bertz CT molecular complexity index is 1070. The maximum Gasteiger partial charge on any atom is 0.270 e. The SMILES string of the molecule is CC(C)(NC(=O)c1cc(CC(=O)Cc2cc(Cl)ccc2O)ccn1)c1ccccn1. The standard InChI is InChI=1S/C23H22ClN3O3/c1-23(2,21-5-3-4-9-26-21)27-22(30)19-12-15(8-10-25-19)11-18(28)14-16-13-17(24)6-7-20(16)29/h3-10,12-13,29H,11,14H2,1-2H3,(H,27,30). The van der Waals surface area contributed by atoms with Crippen molar-refractivity contribution in [2.24, 2.45) is 0 Å². The summed E-state index contributed by atoms with van der Waals surface area (Å²) < 4.78 is 0. The van der Waals surface area contributed by atoms with Crippen molar-refractivity contribution >= 4 is 23.3 Å². The Labute approximate surface area is 180 Å². The van der Waals surface area contributed by atoms with E-state index in [2.05, 4.69) is 15.3 Å². The summed E-state index contributed by atoms with van der Waals surface area (Å²) in [5, 5.41) is 13.3. The van der Waals surface area contributed by atoms with Crippen LogP contribution >= 0.6 is 11.6 Å². The average Bonchev–Trinajstić information content (AvgIpc) is 2.71. The van der Waals surface area contributed by atoms with Gasteiger partial charge in [0, 0.05) is 35.8 Å². The third-order valence-electron chi connectivity index (χ3n) is 4.62. The highest BCUT2D eigenvalue weighted by molar-refractivity contribution is 6.30. The summed E-state index contributed by atoms with van der Waals surface area (Å²) in [7, 11) is 0. The van der Waals surface area contributed by atoms with Gasteiger partial charge in [-0.15, -0.1) is 0 Å². The molecule has 3 rings (SSSR count). The average molecular weight is 424 g/mol. The number of nitrogens with zero attached hydrogens (tertiary/aromatic N) is 2. The minimum absolute atomic E-state index is 0.0271. The van der Waals surface area contributed by atoms with Crippen LogP contribution in [0.5, 0.6) is 5.75 Å². The normalized spacial score (nSPS) is 11.2. The van der Waals surface area contributed by atoms with Crippen LogP contribution in [0.3, 0.4) is 0 Å². The van der Waals surface area contributed by atoms with Crippen molar-refractivity contribution in [1.29, 1.82) is 0 Å². The van der Waals surface area contributed by atoms with Gasteiger partial charge in [-0.25, -0.2) is 0 Å². The van der Waals surface area contributed by atoms with Crippen LogP contribution in [0.1, 0.15) is 41.2 Å². The van der Waals surface area contributed by atoms with Crippen LogP contribution in [0.25, 0.3) is 0 Å². The fourth-order valence-corrected chi connectivity index (χ4v) is 3.25. The van der Waals surface area contributed by atoms with Crippen LogP contribution in [-0.2, 0) is 23.2 Å². The molecule has 30 heavy (non-hydrogen) atoms. The number of benzene rings is 1. The number of nitrogens with one attached hydrogen (secondary N) is 1. The Balaban J connectivity index is 1.69. The first-order chi connectivity index (χ1) is 14.2. The molecule has 154 valence electrons. The largest absolute Gasteiger partial charge is 0.508 e. The zero-order valence-electron chi connectivity index (χ0n) is 16.7. The van der Waals surface area contributed by atoms with E-state index in [4.69, 9.17) is 11.6 Å². The number of phenolic OH excluding ortho intramolecular Hbond substituents is 1. The molecule has 2 N–H and O–H groups in total. The van der Waals surface area contributed by atoms with Crippen molar-refractivity contribution in [3.63, 3.8) is 0 Å². The second kappa shape index (κ2) is 9.05. The van der Waals surface area contributed by atoms with E-state index in [0.717, 1.165) is 5.69 Å². The van der Waals surface area contributed by atoms with Gasteiger partial charge in [0.15, 0.2) is 0 Å². The number of hydrogen-bond acceptors (Lipinski definition) is 5. The predicted molar refractivity (Wildman–Crippen MR) is 114 cm³/mol. The van der Waals surface area contributed by atoms with Gasteiger partial charge >= 0.3 is 0 Å². The van der Waals surface area contributed by atoms with Gasteiger partial charge < -0.3 is 10.4 Å². The van der Waals surface area contributed by atoms with Crippen molar-refractivity contribution in [2.75, 3.05) is 0 Å². The Morgan fingerprint density at radius 1 is 1.03 bits per heavy atom. The summed E-state index contributed by atoms with van der Waals surface area (Å²) in [5.74, 6) is -0.439. The van der Waals surface area contributed by atoms with Gasteiger partial charge in [-0.2, -0.15) is 0 Å². The molecule has 0 atom stereocenters. The number of ketones is 1. The molecule has 1 aromatic carbocycles. The molecule has 0 unspecified atom stereocenters. The highest BCUT2D eigenvalue weighted by Gasteiger charge is 2.25. The topological polar surface area (TPSA) is 92.2 Å². The molecule has 0 fully saturated rings. The summed E-state index contributed by atoms with van der Waals surface area (Å²) in [4.78, 5) is 33.6. The van der Waals surface area contributed by atoms with E-state index < -0.39 is 5.54 Å². The fraction of sp³-hybridized carbons (Fsp3) is 0.217. The number of pyridine rings is 2. The summed E-state index contributed by atoms with van der Waals surface area (Å²) in [6.07, 6.45) is 3.33. The number of carbonyl (C=O) groups excluding carboxylic acids is 2. The second-order valence-electron chi connectivity index (χ2n) is 7.51. The van der Waals surface area contributed by atoms with Gasteiger partial charge in [-0.3, -0.25) is 19.6 Å². The number of rotatable bonds is 7. The third kappa shape index (κ3) is 5.42. The van der Waals surface area contributed by atoms with Crippen molar-refractivity contribution in [1.82, 2.24) is 15.3 Å². The lowest BCUT2D eigenvalue weighted by Crippen LogP contribution is -2.41. The van der Waals surface area contributed by atoms with Gasteiger partial charge in [0.2, 0.25) is 0 Å².